The Bertz CT molecular complexity index is 771. The van der Waals surface area contributed by atoms with Gasteiger partial charge in [0.2, 0.25) is 5.82 Å². The van der Waals surface area contributed by atoms with Gasteiger partial charge in [-0.1, -0.05) is 17.3 Å². The Morgan fingerprint density at radius 2 is 1.90 bits per heavy atom. The molecule has 1 aromatic heterocycles. The van der Waals surface area contributed by atoms with E-state index in [-0.39, 0.29) is 17.4 Å². The molecule has 100 valence electrons. The van der Waals surface area contributed by atoms with Crippen LogP contribution < -0.4 is 0 Å². The van der Waals surface area contributed by atoms with E-state index in [1.54, 1.807) is 42.5 Å². The molecular formula is C14H9IN2O3. The lowest BCUT2D eigenvalue weighted by atomic mass is 10.2. The highest BCUT2D eigenvalue weighted by molar-refractivity contribution is 14.1. The Morgan fingerprint density at radius 3 is 2.70 bits per heavy atom. The number of rotatable bonds is 2. The van der Waals surface area contributed by atoms with E-state index in [0.717, 1.165) is 3.57 Å². The van der Waals surface area contributed by atoms with Crippen molar-refractivity contribution in [3.63, 3.8) is 0 Å². The zero-order chi connectivity index (χ0) is 14.1. The van der Waals surface area contributed by atoms with Crippen LogP contribution >= 0.6 is 22.6 Å². The highest BCUT2D eigenvalue weighted by atomic mass is 127. The standard InChI is InChI=1S/C14H9IN2O3/c15-9-4-5-12(19)11(7-9)14-16-13(17-20-14)8-2-1-3-10(18)6-8/h1-7,18-19H. The smallest absolute Gasteiger partial charge is 0.262 e. The first-order valence-electron chi connectivity index (χ1n) is 5.75. The Balaban J connectivity index is 2.04. The van der Waals surface area contributed by atoms with Gasteiger partial charge in [-0.15, -0.1) is 0 Å². The number of hydrogen-bond donors (Lipinski definition) is 2. The molecule has 1 heterocycles. The summed E-state index contributed by atoms with van der Waals surface area (Å²) in [6.07, 6.45) is 0. The molecule has 0 fully saturated rings. The summed E-state index contributed by atoms with van der Waals surface area (Å²) < 4.78 is 6.13. The number of nitrogens with zero attached hydrogens (tertiary/aromatic N) is 2. The molecule has 6 heteroatoms. The number of hydrogen-bond acceptors (Lipinski definition) is 5. The van der Waals surface area contributed by atoms with Crippen LogP contribution in [0.2, 0.25) is 0 Å². The summed E-state index contributed by atoms with van der Waals surface area (Å²) in [6.45, 7) is 0. The van der Waals surface area contributed by atoms with Crippen LogP contribution in [0.4, 0.5) is 0 Å². The topological polar surface area (TPSA) is 79.4 Å². The lowest BCUT2D eigenvalue weighted by Gasteiger charge is -1.99. The fraction of sp³-hybridized carbons (Fsp3) is 0. The molecule has 0 radical (unpaired) electrons. The number of phenolic OH excluding ortho intramolecular Hbond substituents is 2. The van der Waals surface area contributed by atoms with Gasteiger partial charge >= 0.3 is 0 Å². The third kappa shape index (κ3) is 2.46. The highest BCUT2D eigenvalue weighted by Crippen LogP contribution is 2.31. The summed E-state index contributed by atoms with van der Waals surface area (Å²) in [5, 5.41) is 23.2. The van der Waals surface area contributed by atoms with Crippen molar-refractivity contribution < 1.29 is 14.7 Å². The summed E-state index contributed by atoms with van der Waals surface area (Å²) in [5.74, 6) is 0.802. The average Bonchev–Trinajstić information content (AvgIpc) is 2.91. The predicted molar refractivity (Wildman–Crippen MR) is 81.2 cm³/mol. The van der Waals surface area contributed by atoms with Crippen molar-refractivity contribution in [2.75, 3.05) is 0 Å². The van der Waals surface area contributed by atoms with E-state index in [2.05, 4.69) is 32.7 Å². The molecule has 0 saturated heterocycles. The summed E-state index contributed by atoms with van der Waals surface area (Å²) in [6, 6.07) is 11.7. The van der Waals surface area contributed by atoms with Gasteiger partial charge < -0.3 is 14.7 Å². The van der Waals surface area contributed by atoms with Crippen molar-refractivity contribution in [1.82, 2.24) is 10.1 Å². The maximum Gasteiger partial charge on any atom is 0.262 e. The lowest BCUT2D eigenvalue weighted by Crippen LogP contribution is -1.83. The van der Waals surface area contributed by atoms with Gasteiger partial charge in [0.05, 0.1) is 5.56 Å². The second-order valence-electron chi connectivity index (χ2n) is 4.13. The molecule has 5 nitrogen and oxygen atoms in total. The lowest BCUT2D eigenvalue weighted by molar-refractivity contribution is 0.425. The van der Waals surface area contributed by atoms with Gasteiger partial charge in [0.1, 0.15) is 11.5 Å². The maximum atomic E-state index is 9.84. The number of benzene rings is 2. The molecule has 0 unspecified atom stereocenters. The van der Waals surface area contributed by atoms with Crippen molar-refractivity contribution in [3.05, 3.63) is 46.0 Å². The van der Waals surface area contributed by atoms with Crippen LogP contribution in [-0.2, 0) is 0 Å². The van der Waals surface area contributed by atoms with Crippen LogP contribution in [0.1, 0.15) is 0 Å². The molecule has 0 saturated carbocycles. The fourth-order valence-electron chi connectivity index (χ4n) is 1.77. The number of phenols is 2. The minimum atomic E-state index is 0.0801. The van der Waals surface area contributed by atoms with Crippen molar-refractivity contribution in [2.45, 2.75) is 0 Å². The number of halogens is 1. The minimum Gasteiger partial charge on any atom is -0.508 e. The van der Waals surface area contributed by atoms with Crippen LogP contribution in [0, 0.1) is 3.57 Å². The first-order valence-corrected chi connectivity index (χ1v) is 6.83. The number of aromatic hydroxyl groups is 2. The van der Waals surface area contributed by atoms with E-state index in [1.807, 2.05) is 0 Å². The van der Waals surface area contributed by atoms with Crippen LogP contribution in [-0.4, -0.2) is 20.4 Å². The zero-order valence-corrected chi connectivity index (χ0v) is 12.3. The van der Waals surface area contributed by atoms with Gasteiger partial charge in [0, 0.05) is 9.13 Å². The SMILES string of the molecule is Oc1cccc(-c2noc(-c3cc(I)ccc3O)n2)c1. The second kappa shape index (κ2) is 5.12. The third-order valence-electron chi connectivity index (χ3n) is 2.72. The van der Waals surface area contributed by atoms with Crippen molar-refractivity contribution in [3.8, 4) is 34.3 Å². The minimum absolute atomic E-state index is 0.0801. The van der Waals surface area contributed by atoms with Gasteiger partial charge in [-0.2, -0.15) is 4.98 Å². The molecule has 0 aliphatic carbocycles. The van der Waals surface area contributed by atoms with Crippen LogP contribution in [0.5, 0.6) is 11.5 Å². The van der Waals surface area contributed by atoms with Gasteiger partial charge in [-0.3, -0.25) is 0 Å². The predicted octanol–water partition coefficient (Wildman–Crippen LogP) is 3.42. The average molecular weight is 380 g/mol. The molecular weight excluding hydrogens is 371 g/mol. The fourth-order valence-corrected chi connectivity index (χ4v) is 2.27. The summed E-state index contributed by atoms with van der Waals surface area (Å²) in [4.78, 5) is 4.24. The van der Waals surface area contributed by atoms with Crippen LogP contribution in [0.15, 0.2) is 47.0 Å². The highest BCUT2D eigenvalue weighted by Gasteiger charge is 2.14. The van der Waals surface area contributed by atoms with Crippen LogP contribution in [0.25, 0.3) is 22.8 Å². The van der Waals surface area contributed by atoms with Crippen molar-refractivity contribution in [2.24, 2.45) is 0 Å². The van der Waals surface area contributed by atoms with Crippen molar-refractivity contribution >= 4 is 22.6 Å². The Labute approximate surface area is 128 Å². The Hall–Kier alpha value is -2.09. The maximum absolute atomic E-state index is 9.84. The largest absolute Gasteiger partial charge is 0.508 e. The van der Waals surface area contributed by atoms with Gasteiger partial charge in [0.15, 0.2) is 0 Å². The summed E-state index contributed by atoms with van der Waals surface area (Å²) in [5.41, 5.74) is 1.13. The number of aromatic nitrogens is 2. The van der Waals surface area contributed by atoms with Gasteiger partial charge in [0.25, 0.3) is 5.89 Å². The molecule has 0 amide bonds. The first kappa shape index (κ1) is 12.9. The van der Waals surface area contributed by atoms with Crippen LogP contribution in [0.3, 0.4) is 0 Å². The Kier molecular flexibility index (Phi) is 3.31. The molecule has 2 N–H and O–H groups in total. The van der Waals surface area contributed by atoms with E-state index in [4.69, 9.17) is 4.52 Å². The molecule has 3 aromatic rings. The normalized spacial score (nSPS) is 10.7. The van der Waals surface area contributed by atoms with E-state index in [0.29, 0.717) is 17.0 Å². The zero-order valence-electron chi connectivity index (χ0n) is 10.1. The second-order valence-corrected chi connectivity index (χ2v) is 5.38. The van der Waals surface area contributed by atoms with E-state index >= 15 is 0 Å². The quantitative estimate of drug-likeness (QED) is 0.667. The van der Waals surface area contributed by atoms with Gasteiger partial charge in [-0.05, 0) is 52.9 Å². The molecule has 2 aromatic carbocycles. The first-order chi connectivity index (χ1) is 9.63. The monoisotopic (exact) mass is 380 g/mol. The van der Waals surface area contributed by atoms with E-state index in [1.165, 1.54) is 0 Å². The molecule has 0 spiro atoms. The third-order valence-corrected chi connectivity index (χ3v) is 3.39. The molecule has 3 rings (SSSR count). The van der Waals surface area contributed by atoms with Gasteiger partial charge in [-0.25, -0.2) is 0 Å². The summed E-state index contributed by atoms with van der Waals surface area (Å²) >= 11 is 2.14. The molecule has 0 aliphatic rings. The molecule has 20 heavy (non-hydrogen) atoms. The summed E-state index contributed by atoms with van der Waals surface area (Å²) in [7, 11) is 0. The molecule has 0 atom stereocenters. The van der Waals surface area contributed by atoms with Crippen molar-refractivity contribution in [1.29, 1.82) is 0 Å². The molecule has 0 bridgehead atoms. The van der Waals surface area contributed by atoms with E-state index < -0.39 is 0 Å². The molecule has 0 aliphatic heterocycles. The van der Waals surface area contributed by atoms with E-state index in [9.17, 15) is 10.2 Å². The Morgan fingerprint density at radius 1 is 1.05 bits per heavy atom.